The summed E-state index contributed by atoms with van der Waals surface area (Å²) >= 11 is 0. The molecular weight excluding hydrogens is 415 g/mol. The predicted octanol–water partition coefficient (Wildman–Crippen LogP) is 4.15. The van der Waals surface area contributed by atoms with Gasteiger partial charge >= 0.3 is 0 Å². The van der Waals surface area contributed by atoms with Gasteiger partial charge in [0, 0.05) is 46.7 Å². The average molecular weight is 447 g/mol. The van der Waals surface area contributed by atoms with Crippen LogP contribution in [0.25, 0.3) is 0 Å². The van der Waals surface area contributed by atoms with Gasteiger partial charge in [0.1, 0.15) is 11.6 Å². The Kier molecular flexibility index (Phi) is 8.82. The molecule has 0 aliphatic heterocycles. The van der Waals surface area contributed by atoms with E-state index in [2.05, 4.69) is 15.6 Å². The van der Waals surface area contributed by atoms with Crippen LogP contribution in [0.2, 0.25) is 0 Å². The number of halogens is 1. The second-order valence-electron chi connectivity index (χ2n) is 7.55. The van der Waals surface area contributed by atoms with Gasteiger partial charge in [0.15, 0.2) is 5.96 Å². The molecule has 31 heavy (non-hydrogen) atoms. The molecule has 168 valence electrons. The Labute approximate surface area is 186 Å². The summed E-state index contributed by atoms with van der Waals surface area (Å²) in [5.74, 6) is 2.14. The molecule has 8 heteroatoms. The Hall–Kier alpha value is -2.48. The van der Waals surface area contributed by atoms with Crippen molar-refractivity contribution in [1.29, 1.82) is 0 Å². The number of nitrogens with zero attached hydrogens (tertiary/aromatic N) is 2. The highest BCUT2D eigenvalue weighted by Gasteiger charge is 2.26. The lowest BCUT2D eigenvalue weighted by Crippen LogP contribution is -2.46. The quantitative estimate of drug-likeness (QED) is 0.471. The molecule has 3 rings (SSSR count). The van der Waals surface area contributed by atoms with Crippen LogP contribution in [0.3, 0.4) is 0 Å². The molecule has 1 aromatic heterocycles. The van der Waals surface area contributed by atoms with Gasteiger partial charge in [-0.05, 0) is 62.1 Å². The molecule has 1 aliphatic rings. The first-order valence-corrected chi connectivity index (χ1v) is 12.3. The molecule has 2 N–H and O–H groups in total. The van der Waals surface area contributed by atoms with Crippen LogP contribution in [-0.2, 0) is 17.3 Å². The van der Waals surface area contributed by atoms with E-state index in [4.69, 9.17) is 9.73 Å². The van der Waals surface area contributed by atoms with E-state index < -0.39 is 10.8 Å². The van der Waals surface area contributed by atoms with E-state index in [1.54, 1.807) is 18.3 Å². The maximum atomic E-state index is 13.1. The van der Waals surface area contributed by atoms with Crippen molar-refractivity contribution in [2.75, 3.05) is 12.3 Å². The van der Waals surface area contributed by atoms with Crippen LogP contribution in [0, 0.1) is 5.82 Å². The molecule has 0 bridgehead atoms. The molecule has 0 spiro atoms. The Bertz CT molecular complexity index is 891. The van der Waals surface area contributed by atoms with Crippen molar-refractivity contribution >= 4 is 16.8 Å². The van der Waals surface area contributed by atoms with Crippen LogP contribution in [0.4, 0.5) is 4.39 Å². The molecule has 1 saturated carbocycles. The Balaban J connectivity index is 1.62. The molecule has 0 amide bonds. The van der Waals surface area contributed by atoms with Gasteiger partial charge in [-0.25, -0.2) is 14.4 Å². The molecule has 1 aromatic carbocycles. The summed E-state index contributed by atoms with van der Waals surface area (Å²) in [6.07, 6.45) is 5.78. The summed E-state index contributed by atoms with van der Waals surface area (Å²) in [5.41, 5.74) is 0.956. The number of pyridine rings is 1. The van der Waals surface area contributed by atoms with E-state index in [0.29, 0.717) is 18.2 Å². The van der Waals surface area contributed by atoms with Crippen molar-refractivity contribution in [2.45, 2.75) is 57.4 Å². The summed E-state index contributed by atoms with van der Waals surface area (Å²) in [4.78, 5) is 8.94. The second-order valence-corrected chi connectivity index (χ2v) is 9.56. The van der Waals surface area contributed by atoms with Gasteiger partial charge in [-0.1, -0.05) is 13.3 Å². The van der Waals surface area contributed by atoms with E-state index >= 15 is 0 Å². The highest BCUT2D eigenvalue weighted by atomic mass is 32.2. The molecule has 2 aromatic rings. The minimum atomic E-state index is -0.749. The van der Waals surface area contributed by atoms with Gasteiger partial charge in [0.05, 0.1) is 6.54 Å². The third-order valence-corrected chi connectivity index (χ3v) is 6.96. The largest absolute Gasteiger partial charge is 0.439 e. The third-order valence-electron chi connectivity index (χ3n) is 5.22. The summed E-state index contributed by atoms with van der Waals surface area (Å²) in [7, 11) is -0.749. The van der Waals surface area contributed by atoms with Gasteiger partial charge in [-0.3, -0.25) is 4.21 Å². The van der Waals surface area contributed by atoms with Crippen molar-refractivity contribution in [3.05, 3.63) is 54.0 Å². The first-order chi connectivity index (χ1) is 15.1. The summed E-state index contributed by atoms with van der Waals surface area (Å²) < 4.78 is 31.0. The Morgan fingerprint density at radius 3 is 2.81 bits per heavy atom. The zero-order valence-corrected chi connectivity index (χ0v) is 19.0. The van der Waals surface area contributed by atoms with Crippen LogP contribution in [0.15, 0.2) is 47.6 Å². The SMILES string of the molecule is CCNC(=NCc1ccnc(Oc2ccc(F)cc2)c1)NC1CCCC(S(=O)CC)C1. The van der Waals surface area contributed by atoms with E-state index in [0.717, 1.165) is 49.5 Å². The van der Waals surface area contributed by atoms with Crippen LogP contribution in [-0.4, -0.2) is 38.7 Å². The van der Waals surface area contributed by atoms with Gasteiger partial charge < -0.3 is 15.4 Å². The van der Waals surface area contributed by atoms with Crippen LogP contribution in [0.5, 0.6) is 11.6 Å². The fourth-order valence-corrected chi connectivity index (χ4v) is 5.01. The number of ether oxygens (including phenoxy) is 1. The third kappa shape index (κ3) is 7.31. The lowest BCUT2D eigenvalue weighted by Gasteiger charge is -2.30. The number of rotatable bonds is 8. The first kappa shape index (κ1) is 23.2. The molecule has 3 unspecified atom stereocenters. The maximum absolute atomic E-state index is 13.1. The van der Waals surface area contributed by atoms with E-state index in [1.165, 1.54) is 12.1 Å². The molecule has 1 fully saturated rings. The van der Waals surface area contributed by atoms with E-state index in [-0.39, 0.29) is 17.1 Å². The standard InChI is InChI=1S/C23H31FN4O2S/c1-3-25-23(28-19-6-5-7-21(15-19)31(29)4-2)27-16-17-12-13-26-22(14-17)30-20-10-8-18(24)9-11-20/h8-14,19,21H,3-7,15-16H2,1-2H3,(H2,25,27,28). The number of guanidine groups is 1. The van der Waals surface area contributed by atoms with Crippen molar-refractivity contribution < 1.29 is 13.3 Å². The van der Waals surface area contributed by atoms with Crippen molar-refractivity contribution in [3.63, 3.8) is 0 Å². The van der Waals surface area contributed by atoms with Gasteiger partial charge in [-0.15, -0.1) is 0 Å². The summed E-state index contributed by atoms with van der Waals surface area (Å²) in [6.45, 7) is 5.25. The van der Waals surface area contributed by atoms with Crippen LogP contribution >= 0.6 is 0 Å². The average Bonchev–Trinajstić information content (AvgIpc) is 2.79. The molecule has 1 heterocycles. The fourth-order valence-electron chi connectivity index (χ4n) is 3.66. The van der Waals surface area contributed by atoms with Crippen LogP contribution < -0.4 is 15.4 Å². The van der Waals surface area contributed by atoms with E-state index in [1.807, 2.05) is 26.0 Å². The Morgan fingerprint density at radius 1 is 1.26 bits per heavy atom. The number of nitrogens with one attached hydrogen (secondary N) is 2. The molecule has 1 aliphatic carbocycles. The number of aromatic nitrogens is 1. The highest BCUT2D eigenvalue weighted by molar-refractivity contribution is 7.85. The minimum Gasteiger partial charge on any atom is -0.439 e. The molecule has 0 radical (unpaired) electrons. The Morgan fingerprint density at radius 2 is 2.06 bits per heavy atom. The molecule has 0 saturated heterocycles. The van der Waals surface area contributed by atoms with E-state index in [9.17, 15) is 8.60 Å². The normalized spacial score (nSPS) is 20.2. The molecular formula is C23H31FN4O2S. The lowest BCUT2D eigenvalue weighted by molar-refractivity contribution is 0.413. The van der Waals surface area contributed by atoms with Gasteiger partial charge in [0.2, 0.25) is 5.88 Å². The topological polar surface area (TPSA) is 75.6 Å². The second kappa shape index (κ2) is 11.8. The molecule has 6 nitrogen and oxygen atoms in total. The lowest BCUT2D eigenvalue weighted by atomic mass is 9.95. The fraction of sp³-hybridized carbons (Fsp3) is 0.478. The smallest absolute Gasteiger partial charge is 0.219 e. The van der Waals surface area contributed by atoms with Crippen molar-refractivity contribution in [2.24, 2.45) is 4.99 Å². The predicted molar refractivity (Wildman–Crippen MR) is 123 cm³/mol. The number of aliphatic imine (C=N–C) groups is 1. The summed E-state index contributed by atoms with van der Waals surface area (Å²) in [5, 5.41) is 7.09. The van der Waals surface area contributed by atoms with Crippen LogP contribution in [0.1, 0.15) is 45.1 Å². The zero-order valence-electron chi connectivity index (χ0n) is 18.1. The van der Waals surface area contributed by atoms with Crippen molar-refractivity contribution in [3.8, 4) is 11.6 Å². The van der Waals surface area contributed by atoms with Crippen molar-refractivity contribution in [1.82, 2.24) is 15.6 Å². The first-order valence-electron chi connectivity index (χ1n) is 10.9. The number of hydrogen-bond acceptors (Lipinski definition) is 4. The van der Waals surface area contributed by atoms with Gasteiger partial charge in [-0.2, -0.15) is 0 Å². The highest BCUT2D eigenvalue weighted by Crippen LogP contribution is 2.23. The molecule has 3 atom stereocenters. The monoisotopic (exact) mass is 446 g/mol. The number of hydrogen-bond donors (Lipinski definition) is 2. The zero-order chi connectivity index (χ0) is 22.1. The minimum absolute atomic E-state index is 0.269. The van der Waals surface area contributed by atoms with Gasteiger partial charge in [0.25, 0.3) is 0 Å². The number of benzene rings is 1. The summed E-state index contributed by atoms with van der Waals surface area (Å²) in [6, 6.07) is 9.84. The maximum Gasteiger partial charge on any atom is 0.219 e.